The molecule has 0 atom stereocenters. The number of pyridine rings is 1. The lowest BCUT2D eigenvalue weighted by molar-refractivity contribution is 0.669. The molecule has 0 aliphatic rings. The van der Waals surface area contributed by atoms with Crippen LogP contribution in [0.4, 0.5) is 0 Å². The van der Waals surface area contributed by atoms with Crippen molar-refractivity contribution in [1.29, 1.82) is 0 Å². The molecule has 0 unspecified atom stereocenters. The Morgan fingerprint density at radius 1 is 0.731 bits per heavy atom. The van der Waals surface area contributed by atoms with Crippen molar-refractivity contribution >= 4 is 22.1 Å². The first kappa shape index (κ1) is 14.9. The third-order valence-electron chi connectivity index (χ3n) is 4.73. The second kappa shape index (κ2) is 5.85. The number of hydrogen-bond acceptors (Lipinski definition) is 2. The van der Waals surface area contributed by atoms with Gasteiger partial charge in [-0.2, -0.15) is 0 Å². The summed E-state index contributed by atoms with van der Waals surface area (Å²) in [6, 6.07) is 29.1. The molecule has 0 aliphatic heterocycles. The molecule has 3 aromatic carbocycles. The average molecular weight is 335 g/mol. The van der Waals surface area contributed by atoms with Crippen molar-refractivity contribution in [1.82, 2.24) is 4.98 Å². The standard InChI is InChI=1S/C24H17NO/c1-16-12-13-19-22(14-16)26-24-20(17-8-4-2-5-9-17)15-21(25-23(19)24)18-10-6-3-7-11-18/h2-15H,1H3. The van der Waals surface area contributed by atoms with Crippen LogP contribution in [0.2, 0.25) is 0 Å². The van der Waals surface area contributed by atoms with Crippen LogP contribution < -0.4 is 0 Å². The second-order valence-electron chi connectivity index (χ2n) is 6.57. The summed E-state index contributed by atoms with van der Waals surface area (Å²) < 4.78 is 6.25. The molecule has 0 saturated heterocycles. The van der Waals surface area contributed by atoms with E-state index in [0.29, 0.717) is 0 Å². The highest BCUT2D eigenvalue weighted by molar-refractivity contribution is 6.08. The monoisotopic (exact) mass is 335 g/mol. The highest BCUT2D eigenvalue weighted by Crippen LogP contribution is 2.37. The lowest BCUT2D eigenvalue weighted by Gasteiger charge is -2.07. The summed E-state index contributed by atoms with van der Waals surface area (Å²) in [4.78, 5) is 4.96. The van der Waals surface area contributed by atoms with Gasteiger partial charge in [0.1, 0.15) is 11.1 Å². The van der Waals surface area contributed by atoms with E-state index in [-0.39, 0.29) is 0 Å². The molecule has 0 spiro atoms. The summed E-state index contributed by atoms with van der Waals surface area (Å²) in [5.74, 6) is 0. The first-order valence-corrected chi connectivity index (χ1v) is 8.74. The third-order valence-corrected chi connectivity index (χ3v) is 4.73. The zero-order valence-electron chi connectivity index (χ0n) is 14.4. The number of nitrogens with zero attached hydrogens (tertiary/aromatic N) is 1. The zero-order valence-corrected chi connectivity index (χ0v) is 14.4. The van der Waals surface area contributed by atoms with E-state index in [1.165, 1.54) is 5.56 Å². The minimum absolute atomic E-state index is 0.844. The maximum Gasteiger partial charge on any atom is 0.161 e. The number of aryl methyl sites for hydroxylation is 1. The minimum atomic E-state index is 0.844. The number of aromatic nitrogens is 1. The molecule has 2 heterocycles. The molecule has 2 aromatic heterocycles. The van der Waals surface area contributed by atoms with E-state index in [2.05, 4.69) is 67.6 Å². The number of rotatable bonds is 2. The molecule has 0 saturated carbocycles. The predicted molar refractivity (Wildman–Crippen MR) is 107 cm³/mol. The van der Waals surface area contributed by atoms with Crippen LogP contribution in [0.25, 0.3) is 44.5 Å². The zero-order chi connectivity index (χ0) is 17.5. The van der Waals surface area contributed by atoms with Crippen LogP contribution in [0, 0.1) is 6.92 Å². The van der Waals surface area contributed by atoms with E-state index in [4.69, 9.17) is 9.40 Å². The molecule has 0 radical (unpaired) electrons. The predicted octanol–water partition coefficient (Wildman–Crippen LogP) is 6.62. The van der Waals surface area contributed by atoms with E-state index in [0.717, 1.165) is 44.5 Å². The first-order chi connectivity index (χ1) is 12.8. The molecule has 0 bridgehead atoms. The van der Waals surface area contributed by atoms with E-state index in [9.17, 15) is 0 Å². The molecule has 26 heavy (non-hydrogen) atoms. The number of fused-ring (bicyclic) bond motifs is 3. The van der Waals surface area contributed by atoms with Crippen LogP contribution in [0.15, 0.2) is 89.3 Å². The van der Waals surface area contributed by atoms with Gasteiger partial charge in [-0.15, -0.1) is 0 Å². The summed E-state index contributed by atoms with van der Waals surface area (Å²) in [6.07, 6.45) is 0. The summed E-state index contributed by atoms with van der Waals surface area (Å²) in [6.45, 7) is 2.08. The normalized spacial score (nSPS) is 11.3. The Kier molecular flexibility index (Phi) is 3.36. The van der Waals surface area contributed by atoms with Gasteiger partial charge in [-0.05, 0) is 36.2 Å². The highest BCUT2D eigenvalue weighted by atomic mass is 16.3. The van der Waals surface area contributed by atoms with Crippen molar-refractivity contribution in [2.45, 2.75) is 6.92 Å². The van der Waals surface area contributed by atoms with Gasteiger partial charge in [-0.25, -0.2) is 4.98 Å². The Morgan fingerprint density at radius 2 is 1.42 bits per heavy atom. The fourth-order valence-corrected chi connectivity index (χ4v) is 3.43. The minimum Gasteiger partial charge on any atom is -0.454 e. The van der Waals surface area contributed by atoms with Crippen molar-refractivity contribution in [3.05, 3.63) is 90.5 Å². The Hall–Kier alpha value is -3.39. The van der Waals surface area contributed by atoms with E-state index < -0.39 is 0 Å². The summed E-state index contributed by atoms with van der Waals surface area (Å²) in [5, 5.41) is 1.06. The van der Waals surface area contributed by atoms with Gasteiger partial charge >= 0.3 is 0 Å². The van der Waals surface area contributed by atoms with Gasteiger partial charge in [-0.3, -0.25) is 0 Å². The summed E-state index contributed by atoms with van der Waals surface area (Å²) >= 11 is 0. The van der Waals surface area contributed by atoms with E-state index >= 15 is 0 Å². The topological polar surface area (TPSA) is 26.0 Å². The van der Waals surface area contributed by atoms with Crippen LogP contribution in [-0.4, -0.2) is 4.98 Å². The van der Waals surface area contributed by atoms with Gasteiger partial charge in [0, 0.05) is 16.5 Å². The SMILES string of the molecule is Cc1ccc2c(c1)oc1c(-c3ccccc3)cc(-c3ccccc3)nc12. The largest absolute Gasteiger partial charge is 0.454 e. The molecule has 5 rings (SSSR count). The van der Waals surface area contributed by atoms with Crippen LogP contribution >= 0.6 is 0 Å². The van der Waals surface area contributed by atoms with Gasteiger partial charge in [-0.1, -0.05) is 66.7 Å². The van der Waals surface area contributed by atoms with Gasteiger partial charge in [0.15, 0.2) is 5.58 Å². The lowest BCUT2D eigenvalue weighted by atomic mass is 10.0. The quantitative estimate of drug-likeness (QED) is 0.362. The number of furan rings is 1. The fourth-order valence-electron chi connectivity index (χ4n) is 3.43. The molecule has 0 aliphatic carbocycles. The molecule has 124 valence electrons. The number of hydrogen-bond donors (Lipinski definition) is 0. The Balaban J connectivity index is 1.90. The third kappa shape index (κ3) is 2.39. The van der Waals surface area contributed by atoms with Crippen molar-refractivity contribution in [2.75, 3.05) is 0 Å². The molecule has 2 nitrogen and oxygen atoms in total. The van der Waals surface area contributed by atoms with E-state index in [1.54, 1.807) is 0 Å². The van der Waals surface area contributed by atoms with Crippen molar-refractivity contribution < 1.29 is 4.42 Å². The molecule has 0 amide bonds. The molecule has 2 heteroatoms. The summed E-state index contributed by atoms with van der Waals surface area (Å²) in [7, 11) is 0. The van der Waals surface area contributed by atoms with Crippen molar-refractivity contribution in [2.24, 2.45) is 0 Å². The maximum absolute atomic E-state index is 6.25. The van der Waals surface area contributed by atoms with Gasteiger partial charge in [0.05, 0.1) is 5.69 Å². The molecule has 0 fully saturated rings. The van der Waals surface area contributed by atoms with Crippen LogP contribution in [0.5, 0.6) is 0 Å². The van der Waals surface area contributed by atoms with Crippen LogP contribution in [0.3, 0.4) is 0 Å². The van der Waals surface area contributed by atoms with Gasteiger partial charge < -0.3 is 4.42 Å². The summed E-state index contributed by atoms with van der Waals surface area (Å²) in [5.41, 5.74) is 8.09. The maximum atomic E-state index is 6.25. The fraction of sp³-hybridized carbons (Fsp3) is 0.0417. The van der Waals surface area contributed by atoms with E-state index in [1.807, 2.05) is 24.3 Å². The van der Waals surface area contributed by atoms with Crippen LogP contribution in [0.1, 0.15) is 5.56 Å². The highest BCUT2D eigenvalue weighted by Gasteiger charge is 2.16. The Labute approximate surface area is 151 Å². The molecule has 5 aromatic rings. The Bertz CT molecular complexity index is 1220. The molecular formula is C24H17NO. The van der Waals surface area contributed by atoms with Gasteiger partial charge in [0.25, 0.3) is 0 Å². The smallest absolute Gasteiger partial charge is 0.161 e. The van der Waals surface area contributed by atoms with Gasteiger partial charge in [0.2, 0.25) is 0 Å². The Morgan fingerprint density at radius 3 is 2.15 bits per heavy atom. The first-order valence-electron chi connectivity index (χ1n) is 8.74. The van der Waals surface area contributed by atoms with Crippen LogP contribution in [-0.2, 0) is 0 Å². The van der Waals surface area contributed by atoms with Crippen molar-refractivity contribution in [3.63, 3.8) is 0 Å². The second-order valence-corrected chi connectivity index (χ2v) is 6.57. The lowest BCUT2D eigenvalue weighted by Crippen LogP contribution is -1.87. The molecule has 0 N–H and O–H groups in total. The number of benzene rings is 3. The van der Waals surface area contributed by atoms with Crippen molar-refractivity contribution in [3.8, 4) is 22.4 Å². The molecular weight excluding hydrogens is 318 g/mol. The average Bonchev–Trinajstić information content (AvgIpc) is 3.06.